The van der Waals surface area contributed by atoms with Gasteiger partial charge in [-0.05, 0) is 29.1 Å². The molecule has 1 N–H and O–H groups in total. The predicted molar refractivity (Wildman–Crippen MR) is 63.8 cm³/mol. The zero-order valence-electron chi connectivity index (χ0n) is 6.93. The Hall–Kier alpha value is -0.280. The maximum Gasteiger partial charge on any atom is 0.0492 e. The first-order chi connectivity index (χ1) is 6.31. The summed E-state index contributed by atoms with van der Waals surface area (Å²) in [5, 5.41) is 2.20. The number of nitrogens with one attached hydrogen (secondary N) is 1. The first-order valence-electron chi connectivity index (χ1n) is 4.08. The van der Waals surface area contributed by atoms with Gasteiger partial charge in [0, 0.05) is 21.9 Å². The molecule has 1 heterocycles. The molecule has 0 saturated carbocycles. The van der Waals surface area contributed by atoms with Crippen molar-refractivity contribution in [1.29, 1.82) is 0 Å². The highest BCUT2D eigenvalue weighted by molar-refractivity contribution is 9.12. The standard InChI is InChI=1S/C10H9Br2N/c11-6-9(12)7-1-2-10-8(5-7)3-4-13-10/h1-5,9,13H,6H2. The molecule has 0 radical (unpaired) electrons. The summed E-state index contributed by atoms with van der Waals surface area (Å²) in [7, 11) is 0. The van der Waals surface area contributed by atoms with Gasteiger partial charge in [-0.2, -0.15) is 0 Å². The third kappa shape index (κ3) is 1.81. The molecule has 1 aromatic heterocycles. The van der Waals surface area contributed by atoms with E-state index in [0.717, 1.165) is 5.33 Å². The fraction of sp³-hybridized carbons (Fsp3) is 0.200. The van der Waals surface area contributed by atoms with Crippen LogP contribution in [0.3, 0.4) is 0 Å². The number of aromatic amines is 1. The molecule has 0 spiro atoms. The number of benzene rings is 1. The first-order valence-corrected chi connectivity index (χ1v) is 6.12. The van der Waals surface area contributed by atoms with Crippen molar-refractivity contribution in [2.45, 2.75) is 4.83 Å². The molecule has 2 rings (SSSR count). The predicted octanol–water partition coefficient (Wildman–Crippen LogP) is 4.00. The van der Waals surface area contributed by atoms with Gasteiger partial charge in [0.15, 0.2) is 0 Å². The summed E-state index contributed by atoms with van der Waals surface area (Å²) < 4.78 is 0. The van der Waals surface area contributed by atoms with Crippen molar-refractivity contribution < 1.29 is 0 Å². The zero-order valence-corrected chi connectivity index (χ0v) is 10.1. The molecule has 0 fully saturated rings. The quantitative estimate of drug-likeness (QED) is 0.807. The second-order valence-corrected chi connectivity index (χ2v) is 4.70. The monoisotopic (exact) mass is 301 g/mol. The van der Waals surface area contributed by atoms with Gasteiger partial charge in [0.25, 0.3) is 0 Å². The fourth-order valence-corrected chi connectivity index (χ4v) is 2.01. The van der Waals surface area contributed by atoms with Crippen LogP contribution in [0.1, 0.15) is 10.4 Å². The summed E-state index contributed by atoms with van der Waals surface area (Å²) in [5.41, 5.74) is 2.50. The number of aromatic nitrogens is 1. The van der Waals surface area contributed by atoms with Crippen molar-refractivity contribution in [1.82, 2.24) is 4.98 Å². The van der Waals surface area contributed by atoms with E-state index in [1.54, 1.807) is 0 Å². The Labute approximate surface area is 93.8 Å². The smallest absolute Gasteiger partial charge is 0.0492 e. The molecule has 2 aromatic rings. The largest absolute Gasteiger partial charge is 0.361 e. The van der Waals surface area contributed by atoms with Crippen LogP contribution in [0.15, 0.2) is 30.5 Å². The van der Waals surface area contributed by atoms with Crippen molar-refractivity contribution in [2.24, 2.45) is 0 Å². The Kier molecular flexibility index (Phi) is 2.74. The number of hydrogen-bond acceptors (Lipinski definition) is 0. The molecule has 0 saturated heterocycles. The molecular formula is C10H9Br2N. The topological polar surface area (TPSA) is 15.8 Å². The van der Waals surface area contributed by atoms with Crippen LogP contribution < -0.4 is 0 Å². The van der Waals surface area contributed by atoms with Crippen molar-refractivity contribution in [3.05, 3.63) is 36.0 Å². The minimum atomic E-state index is 0.395. The van der Waals surface area contributed by atoms with Crippen LogP contribution in [-0.4, -0.2) is 10.3 Å². The Morgan fingerprint density at radius 2 is 2.15 bits per heavy atom. The van der Waals surface area contributed by atoms with Crippen molar-refractivity contribution in [3.63, 3.8) is 0 Å². The molecule has 1 nitrogen and oxygen atoms in total. The van der Waals surface area contributed by atoms with Crippen LogP contribution in [0.2, 0.25) is 0 Å². The summed E-state index contributed by atoms with van der Waals surface area (Å²) in [5.74, 6) is 0. The average Bonchev–Trinajstić information content (AvgIpc) is 2.63. The molecule has 68 valence electrons. The Balaban J connectivity index is 2.48. The maximum atomic E-state index is 3.60. The molecule has 0 bridgehead atoms. The van der Waals surface area contributed by atoms with E-state index in [9.17, 15) is 0 Å². The second-order valence-electron chi connectivity index (χ2n) is 2.95. The highest BCUT2D eigenvalue weighted by Gasteiger charge is 2.05. The van der Waals surface area contributed by atoms with Gasteiger partial charge in [-0.25, -0.2) is 0 Å². The van der Waals surface area contributed by atoms with E-state index in [1.807, 2.05) is 6.20 Å². The van der Waals surface area contributed by atoms with Gasteiger partial charge < -0.3 is 4.98 Å². The van der Waals surface area contributed by atoms with Crippen LogP contribution in [0, 0.1) is 0 Å². The molecule has 13 heavy (non-hydrogen) atoms. The lowest BCUT2D eigenvalue weighted by molar-refractivity contribution is 1.16. The summed E-state index contributed by atoms with van der Waals surface area (Å²) >= 11 is 7.05. The number of hydrogen-bond donors (Lipinski definition) is 1. The van der Waals surface area contributed by atoms with E-state index >= 15 is 0 Å². The summed E-state index contributed by atoms with van der Waals surface area (Å²) in [4.78, 5) is 3.57. The van der Waals surface area contributed by atoms with E-state index in [-0.39, 0.29) is 0 Å². The first kappa shape index (κ1) is 9.28. The highest BCUT2D eigenvalue weighted by atomic mass is 79.9. The van der Waals surface area contributed by atoms with Crippen molar-refractivity contribution >= 4 is 42.8 Å². The van der Waals surface area contributed by atoms with Gasteiger partial charge >= 0.3 is 0 Å². The van der Waals surface area contributed by atoms with E-state index in [2.05, 4.69) is 61.1 Å². The van der Waals surface area contributed by atoms with Gasteiger partial charge in [-0.15, -0.1) is 0 Å². The Morgan fingerprint density at radius 1 is 1.31 bits per heavy atom. The van der Waals surface area contributed by atoms with Crippen molar-refractivity contribution in [2.75, 3.05) is 5.33 Å². The summed E-state index contributed by atoms with van der Waals surface area (Å²) in [6.07, 6.45) is 1.96. The molecule has 3 heteroatoms. The number of rotatable bonds is 2. The highest BCUT2D eigenvalue weighted by Crippen LogP contribution is 2.27. The molecule has 1 aromatic carbocycles. The van der Waals surface area contributed by atoms with Gasteiger partial charge in [0.05, 0.1) is 0 Å². The lowest BCUT2D eigenvalue weighted by Gasteiger charge is -2.05. The third-order valence-electron chi connectivity index (χ3n) is 2.07. The minimum Gasteiger partial charge on any atom is -0.361 e. The normalized spacial score (nSPS) is 13.4. The van der Waals surface area contributed by atoms with Gasteiger partial charge in [-0.3, -0.25) is 0 Å². The van der Waals surface area contributed by atoms with E-state index < -0.39 is 0 Å². The van der Waals surface area contributed by atoms with Gasteiger partial charge in [0.2, 0.25) is 0 Å². The van der Waals surface area contributed by atoms with Crippen LogP contribution >= 0.6 is 31.9 Å². The third-order valence-corrected chi connectivity index (χ3v) is 4.44. The molecule has 1 atom stereocenters. The molecule has 1 unspecified atom stereocenters. The van der Waals surface area contributed by atoms with Gasteiger partial charge in [0.1, 0.15) is 0 Å². The van der Waals surface area contributed by atoms with Crippen LogP contribution in [0.4, 0.5) is 0 Å². The van der Waals surface area contributed by atoms with Gasteiger partial charge in [-0.1, -0.05) is 37.9 Å². The average molecular weight is 303 g/mol. The van der Waals surface area contributed by atoms with E-state index in [1.165, 1.54) is 16.5 Å². The summed E-state index contributed by atoms with van der Waals surface area (Å²) in [6, 6.07) is 8.54. The number of fused-ring (bicyclic) bond motifs is 1. The van der Waals surface area contributed by atoms with E-state index in [0.29, 0.717) is 4.83 Å². The number of halogens is 2. The molecule has 0 amide bonds. The summed E-state index contributed by atoms with van der Waals surface area (Å²) in [6.45, 7) is 0. The lowest BCUT2D eigenvalue weighted by Crippen LogP contribution is -1.89. The molecule has 0 aliphatic heterocycles. The van der Waals surface area contributed by atoms with E-state index in [4.69, 9.17) is 0 Å². The zero-order chi connectivity index (χ0) is 9.26. The minimum absolute atomic E-state index is 0.395. The maximum absolute atomic E-state index is 3.60. The molecule has 0 aliphatic rings. The Bertz CT molecular complexity index is 408. The Morgan fingerprint density at radius 3 is 2.92 bits per heavy atom. The van der Waals surface area contributed by atoms with Crippen LogP contribution in [0.5, 0.6) is 0 Å². The second kappa shape index (κ2) is 3.84. The molecule has 0 aliphatic carbocycles. The SMILES string of the molecule is BrCC(Br)c1ccc2[nH]ccc2c1. The number of alkyl halides is 2. The number of H-pyrrole nitrogens is 1. The van der Waals surface area contributed by atoms with Crippen LogP contribution in [0.25, 0.3) is 10.9 Å². The molecular weight excluding hydrogens is 294 g/mol. The lowest BCUT2D eigenvalue weighted by atomic mass is 10.1. The fourth-order valence-electron chi connectivity index (χ4n) is 1.36. The van der Waals surface area contributed by atoms with Crippen LogP contribution in [-0.2, 0) is 0 Å². The van der Waals surface area contributed by atoms with Crippen molar-refractivity contribution in [3.8, 4) is 0 Å².